The number of hydrogen-bond acceptors (Lipinski definition) is 2. The van der Waals surface area contributed by atoms with Crippen LogP contribution in [0.4, 0.5) is 5.82 Å². The zero-order chi connectivity index (χ0) is 16.1. The van der Waals surface area contributed by atoms with Crippen LogP contribution in [-0.2, 0) is 0 Å². The molecule has 2 N–H and O–H groups in total. The molecule has 0 bridgehead atoms. The van der Waals surface area contributed by atoms with E-state index in [9.17, 15) is 0 Å². The van der Waals surface area contributed by atoms with E-state index in [4.69, 9.17) is 12.2 Å². The summed E-state index contributed by atoms with van der Waals surface area (Å²) in [7, 11) is 0. The Balaban J connectivity index is 2.06. The fourth-order valence-electron chi connectivity index (χ4n) is 2.32. The molecule has 0 radical (unpaired) electrons. The van der Waals surface area contributed by atoms with Gasteiger partial charge in [0.15, 0.2) is 5.11 Å². The van der Waals surface area contributed by atoms with Gasteiger partial charge in [0.1, 0.15) is 5.82 Å². The molecule has 0 saturated carbocycles. The van der Waals surface area contributed by atoms with E-state index < -0.39 is 0 Å². The lowest BCUT2D eigenvalue weighted by Crippen LogP contribution is -2.32. The summed E-state index contributed by atoms with van der Waals surface area (Å²) < 4.78 is 0. The van der Waals surface area contributed by atoms with Gasteiger partial charge >= 0.3 is 0 Å². The number of aromatic nitrogens is 1. The molecule has 3 nitrogen and oxygen atoms in total. The number of benzene rings is 1. The van der Waals surface area contributed by atoms with Crippen molar-refractivity contribution in [1.29, 1.82) is 0 Å². The summed E-state index contributed by atoms with van der Waals surface area (Å²) in [6, 6.07) is 10.7. The van der Waals surface area contributed by atoms with E-state index >= 15 is 0 Å². The van der Waals surface area contributed by atoms with Gasteiger partial charge in [0.05, 0.1) is 6.04 Å². The first-order valence-corrected chi connectivity index (χ1v) is 7.97. The summed E-state index contributed by atoms with van der Waals surface area (Å²) in [6.45, 7) is 8.45. The quantitative estimate of drug-likeness (QED) is 0.818. The van der Waals surface area contributed by atoms with Gasteiger partial charge in [-0.25, -0.2) is 4.98 Å². The lowest BCUT2D eigenvalue weighted by Gasteiger charge is -2.20. The van der Waals surface area contributed by atoms with Gasteiger partial charge in [-0.2, -0.15) is 0 Å². The Morgan fingerprint density at radius 1 is 1.14 bits per heavy atom. The third-order valence-electron chi connectivity index (χ3n) is 3.80. The van der Waals surface area contributed by atoms with Gasteiger partial charge in [-0.3, -0.25) is 0 Å². The molecule has 4 heteroatoms. The van der Waals surface area contributed by atoms with E-state index in [1.807, 2.05) is 19.1 Å². The highest BCUT2D eigenvalue weighted by atomic mass is 32.1. The second kappa shape index (κ2) is 7.36. The number of anilines is 1. The number of nitrogens with one attached hydrogen (secondary N) is 2. The minimum absolute atomic E-state index is 0.198. The number of rotatable bonds is 4. The van der Waals surface area contributed by atoms with Gasteiger partial charge in [0, 0.05) is 6.20 Å². The average Bonchev–Trinajstić information content (AvgIpc) is 2.48. The molecule has 1 aromatic carbocycles. The standard InChI is InChI=1S/C18H23N3S/c1-5-16(15-7-6-13(3)14(4)11-15)20-18(22)21-17-10-12(2)8-9-19-17/h6-11,16H,5H2,1-4H3,(H2,19,20,21,22). The van der Waals surface area contributed by atoms with E-state index in [1.54, 1.807) is 6.20 Å². The maximum absolute atomic E-state index is 5.42. The predicted octanol–water partition coefficient (Wildman–Crippen LogP) is 4.44. The highest BCUT2D eigenvalue weighted by Gasteiger charge is 2.11. The predicted molar refractivity (Wildman–Crippen MR) is 97.3 cm³/mol. The number of aryl methyl sites for hydroxylation is 3. The highest BCUT2D eigenvalue weighted by Crippen LogP contribution is 2.20. The Kier molecular flexibility index (Phi) is 5.50. The summed E-state index contributed by atoms with van der Waals surface area (Å²) in [6.07, 6.45) is 2.74. The van der Waals surface area contributed by atoms with E-state index in [-0.39, 0.29) is 6.04 Å². The van der Waals surface area contributed by atoms with Crippen molar-refractivity contribution in [3.63, 3.8) is 0 Å². The van der Waals surface area contributed by atoms with Gasteiger partial charge < -0.3 is 10.6 Å². The summed E-state index contributed by atoms with van der Waals surface area (Å²) in [5, 5.41) is 7.13. The van der Waals surface area contributed by atoms with Gasteiger partial charge in [-0.05, 0) is 73.8 Å². The normalized spacial score (nSPS) is 11.8. The average molecular weight is 313 g/mol. The molecule has 1 unspecified atom stereocenters. The second-order valence-electron chi connectivity index (χ2n) is 5.62. The molecule has 0 saturated heterocycles. The second-order valence-corrected chi connectivity index (χ2v) is 6.03. The fraction of sp³-hybridized carbons (Fsp3) is 0.333. The monoisotopic (exact) mass is 313 g/mol. The zero-order valence-corrected chi connectivity index (χ0v) is 14.4. The molecule has 0 aliphatic rings. The molecule has 22 heavy (non-hydrogen) atoms. The third-order valence-corrected chi connectivity index (χ3v) is 4.02. The number of thiocarbonyl (C=S) groups is 1. The largest absolute Gasteiger partial charge is 0.356 e. The van der Waals surface area contributed by atoms with E-state index in [2.05, 4.69) is 54.6 Å². The van der Waals surface area contributed by atoms with Crippen LogP contribution in [-0.4, -0.2) is 10.1 Å². The molecule has 1 heterocycles. The van der Waals surface area contributed by atoms with Crippen molar-refractivity contribution in [3.05, 3.63) is 58.8 Å². The van der Waals surface area contributed by atoms with E-state index in [0.29, 0.717) is 5.11 Å². The molecule has 0 fully saturated rings. The summed E-state index contributed by atoms with van der Waals surface area (Å²) >= 11 is 5.42. The molecular weight excluding hydrogens is 290 g/mol. The van der Waals surface area contributed by atoms with Crippen LogP contribution in [0.1, 0.15) is 41.6 Å². The zero-order valence-electron chi connectivity index (χ0n) is 13.6. The highest BCUT2D eigenvalue weighted by molar-refractivity contribution is 7.80. The van der Waals surface area contributed by atoms with Crippen LogP contribution in [0.15, 0.2) is 36.5 Å². The smallest absolute Gasteiger partial charge is 0.172 e. The van der Waals surface area contributed by atoms with E-state index in [1.165, 1.54) is 16.7 Å². The minimum Gasteiger partial charge on any atom is -0.356 e. The van der Waals surface area contributed by atoms with Crippen LogP contribution in [0.5, 0.6) is 0 Å². The fourth-order valence-corrected chi connectivity index (χ4v) is 2.56. The summed E-state index contributed by atoms with van der Waals surface area (Å²) in [5.41, 5.74) is 5.02. The Morgan fingerprint density at radius 2 is 1.91 bits per heavy atom. The molecule has 0 amide bonds. The van der Waals surface area contributed by atoms with Crippen LogP contribution in [0.25, 0.3) is 0 Å². The molecule has 1 aromatic heterocycles. The first-order chi connectivity index (χ1) is 10.5. The van der Waals surface area contributed by atoms with Crippen LogP contribution < -0.4 is 10.6 Å². The molecule has 2 aromatic rings. The first-order valence-electron chi connectivity index (χ1n) is 7.57. The number of hydrogen-bond donors (Lipinski definition) is 2. The molecule has 0 aliphatic heterocycles. The minimum atomic E-state index is 0.198. The Hall–Kier alpha value is -1.94. The van der Waals surface area contributed by atoms with Crippen LogP contribution in [0.3, 0.4) is 0 Å². The first kappa shape index (κ1) is 16.4. The van der Waals surface area contributed by atoms with Crippen LogP contribution in [0.2, 0.25) is 0 Å². The Morgan fingerprint density at radius 3 is 2.55 bits per heavy atom. The topological polar surface area (TPSA) is 37.0 Å². The van der Waals surface area contributed by atoms with Gasteiger partial charge in [0.2, 0.25) is 0 Å². The van der Waals surface area contributed by atoms with Crippen molar-refractivity contribution in [2.45, 2.75) is 40.2 Å². The molecule has 116 valence electrons. The van der Waals surface area contributed by atoms with Crippen molar-refractivity contribution in [3.8, 4) is 0 Å². The van der Waals surface area contributed by atoms with Crippen molar-refractivity contribution < 1.29 is 0 Å². The van der Waals surface area contributed by atoms with Crippen molar-refractivity contribution in [2.24, 2.45) is 0 Å². The Bertz CT molecular complexity index is 667. The van der Waals surface area contributed by atoms with Crippen molar-refractivity contribution >= 4 is 23.1 Å². The van der Waals surface area contributed by atoms with Gasteiger partial charge in [0.25, 0.3) is 0 Å². The molecule has 0 aliphatic carbocycles. The third kappa shape index (κ3) is 4.28. The summed E-state index contributed by atoms with van der Waals surface area (Å²) in [4.78, 5) is 4.27. The molecule has 1 atom stereocenters. The maximum atomic E-state index is 5.42. The summed E-state index contributed by atoms with van der Waals surface area (Å²) in [5.74, 6) is 0.771. The number of pyridine rings is 1. The SMILES string of the molecule is CCC(NC(=S)Nc1cc(C)ccn1)c1ccc(C)c(C)c1. The van der Waals surface area contributed by atoms with Crippen LogP contribution in [0, 0.1) is 20.8 Å². The van der Waals surface area contributed by atoms with Gasteiger partial charge in [-0.1, -0.05) is 25.1 Å². The Labute approximate surface area is 138 Å². The maximum Gasteiger partial charge on any atom is 0.172 e. The van der Waals surface area contributed by atoms with Gasteiger partial charge in [-0.15, -0.1) is 0 Å². The lowest BCUT2D eigenvalue weighted by atomic mass is 9.99. The van der Waals surface area contributed by atoms with Crippen molar-refractivity contribution in [2.75, 3.05) is 5.32 Å². The number of nitrogens with zero attached hydrogens (tertiary/aromatic N) is 1. The molecule has 2 rings (SSSR count). The van der Waals surface area contributed by atoms with Crippen molar-refractivity contribution in [1.82, 2.24) is 10.3 Å². The van der Waals surface area contributed by atoms with Crippen LogP contribution >= 0.6 is 12.2 Å². The lowest BCUT2D eigenvalue weighted by molar-refractivity contribution is 0.628. The van der Waals surface area contributed by atoms with E-state index in [0.717, 1.165) is 17.8 Å². The molecule has 0 spiro atoms. The molecular formula is C18H23N3S.